The average Bonchev–Trinajstić information content (AvgIpc) is 2.86. The largest absolute Gasteiger partial charge is 0.436 e. The van der Waals surface area contributed by atoms with Gasteiger partial charge in [-0.25, -0.2) is 4.98 Å². The Balaban J connectivity index is 2.27. The first kappa shape index (κ1) is 8.49. The fourth-order valence-electron chi connectivity index (χ4n) is 1.48. The van der Waals surface area contributed by atoms with Crippen molar-refractivity contribution in [2.45, 2.75) is 0 Å². The van der Waals surface area contributed by atoms with Crippen molar-refractivity contribution in [2.24, 2.45) is 0 Å². The van der Waals surface area contributed by atoms with Gasteiger partial charge in [0.15, 0.2) is 5.58 Å². The molecule has 1 aromatic carbocycles. The van der Waals surface area contributed by atoms with Crippen LogP contribution < -0.4 is 5.73 Å². The van der Waals surface area contributed by atoms with Crippen LogP contribution in [0.15, 0.2) is 39.4 Å². The van der Waals surface area contributed by atoms with Gasteiger partial charge in [-0.3, -0.25) is 0 Å². The maximum atomic E-state index is 5.80. The molecule has 0 unspecified atom stereocenters. The summed E-state index contributed by atoms with van der Waals surface area (Å²) in [5.41, 5.74) is 8.92. The number of nitrogens with zero attached hydrogens (tertiary/aromatic N) is 1. The predicted molar refractivity (Wildman–Crippen MR) is 61.7 cm³/mol. The number of nitrogens with two attached hydrogens (primary N) is 1. The van der Waals surface area contributed by atoms with Gasteiger partial charge in [0.1, 0.15) is 5.52 Å². The second-order valence-electron chi connectivity index (χ2n) is 3.23. The minimum atomic E-state index is 0.629. The summed E-state index contributed by atoms with van der Waals surface area (Å²) in [5, 5.41) is 3.99. The van der Waals surface area contributed by atoms with Crippen molar-refractivity contribution in [1.29, 1.82) is 0 Å². The molecule has 4 heteroatoms. The molecule has 2 aromatic heterocycles. The van der Waals surface area contributed by atoms with E-state index in [1.54, 1.807) is 11.3 Å². The van der Waals surface area contributed by atoms with E-state index in [4.69, 9.17) is 10.2 Å². The van der Waals surface area contributed by atoms with Crippen LogP contribution in [0.3, 0.4) is 0 Å². The van der Waals surface area contributed by atoms with E-state index in [0.29, 0.717) is 11.6 Å². The number of oxazole rings is 1. The van der Waals surface area contributed by atoms with Crippen LogP contribution in [-0.4, -0.2) is 4.98 Å². The highest BCUT2D eigenvalue weighted by atomic mass is 32.1. The summed E-state index contributed by atoms with van der Waals surface area (Å²) in [5.74, 6) is 0.629. The molecule has 2 N–H and O–H groups in total. The normalized spacial score (nSPS) is 10.9. The van der Waals surface area contributed by atoms with Crippen molar-refractivity contribution in [3.05, 3.63) is 35.0 Å². The van der Waals surface area contributed by atoms with Crippen molar-refractivity contribution in [3.63, 3.8) is 0 Å². The number of rotatable bonds is 1. The first-order valence-electron chi connectivity index (χ1n) is 4.52. The van der Waals surface area contributed by atoms with E-state index in [2.05, 4.69) is 4.98 Å². The van der Waals surface area contributed by atoms with Gasteiger partial charge in [0.25, 0.3) is 0 Å². The summed E-state index contributed by atoms with van der Waals surface area (Å²) in [7, 11) is 0. The van der Waals surface area contributed by atoms with Crippen LogP contribution in [0.1, 0.15) is 0 Å². The summed E-state index contributed by atoms with van der Waals surface area (Å²) in [6, 6.07) is 7.53. The highest BCUT2D eigenvalue weighted by molar-refractivity contribution is 7.08. The van der Waals surface area contributed by atoms with E-state index in [1.807, 2.05) is 35.0 Å². The molecule has 0 amide bonds. The summed E-state index contributed by atoms with van der Waals surface area (Å²) >= 11 is 1.62. The Morgan fingerprint density at radius 3 is 2.93 bits per heavy atom. The topological polar surface area (TPSA) is 52.0 Å². The molecule has 3 nitrogen and oxygen atoms in total. The third-order valence-electron chi connectivity index (χ3n) is 2.22. The second kappa shape index (κ2) is 3.10. The molecule has 74 valence electrons. The fraction of sp³-hybridized carbons (Fsp3) is 0. The Morgan fingerprint density at radius 1 is 1.27 bits per heavy atom. The lowest BCUT2D eigenvalue weighted by molar-refractivity contribution is 0.620. The van der Waals surface area contributed by atoms with Gasteiger partial charge in [-0.15, -0.1) is 0 Å². The Morgan fingerprint density at radius 2 is 2.20 bits per heavy atom. The van der Waals surface area contributed by atoms with Gasteiger partial charge in [-0.05, 0) is 23.6 Å². The van der Waals surface area contributed by atoms with Crippen LogP contribution in [0.25, 0.3) is 22.6 Å². The fourth-order valence-corrected chi connectivity index (χ4v) is 2.11. The first-order chi connectivity index (χ1) is 7.34. The van der Waals surface area contributed by atoms with Crippen molar-refractivity contribution in [2.75, 3.05) is 5.73 Å². The van der Waals surface area contributed by atoms with Crippen molar-refractivity contribution in [1.82, 2.24) is 4.98 Å². The van der Waals surface area contributed by atoms with Crippen molar-refractivity contribution in [3.8, 4) is 11.5 Å². The smallest absolute Gasteiger partial charge is 0.228 e. The molecule has 0 saturated carbocycles. The van der Waals surface area contributed by atoms with Crippen LogP contribution in [0.5, 0.6) is 0 Å². The van der Waals surface area contributed by atoms with Crippen LogP contribution in [0, 0.1) is 0 Å². The summed E-state index contributed by atoms with van der Waals surface area (Å²) in [4.78, 5) is 4.37. The summed E-state index contributed by atoms with van der Waals surface area (Å²) in [6.45, 7) is 0. The zero-order valence-electron chi connectivity index (χ0n) is 7.81. The molecule has 0 bridgehead atoms. The number of hydrogen-bond acceptors (Lipinski definition) is 4. The molecule has 0 aliphatic carbocycles. The highest BCUT2D eigenvalue weighted by Crippen LogP contribution is 2.28. The summed E-state index contributed by atoms with van der Waals surface area (Å²) < 4.78 is 5.61. The van der Waals surface area contributed by atoms with Gasteiger partial charge in [-0.1, -0.05) is 6.07 Å². The first-order valence-corrected chi connectivity index (χ1v) is 5.46. The molecule has 3 rings (SSSR count). The number of para-hydroxylation sites is 1. The number of thiophene rings is 1. The number of fused-ring (bicyclic) bond motifs is 1. The van der Waals surface area contributed by atoms with E-state index in [0.717, 1.165) is 16.7 Å². The minimum absolute atomic E-state index is 0.629. The molecule has 0 radical (unpaired) electrons. The SMILES string of the molecule is Nc1cccc2oc(-c3ccsc3)nc12. The number of hydrogen-bond donors (Lipinski definition) is 1. The number of nitrogen functional groups attached to an aromatic ring is 1. The van der Waals surface area contributed by atoms with Gasteiger partial charge in [0.05, 0.1) is 5.69 Å². The van der Waals surface area contributed by atoms with E-state index in [9.17, 15) is 0 Å². The average molecular weight is 216 g/mol. The molecule has 0 spiro atoms. The molecule has 15 heavy (non-hydrogen) atoms. The Labute approximate surface area is 90.2 Å². The van der Waals surface area contributed by atoms with Gasteiger partial charge >= 0.3 is 0 Å². The van der Waals surface area contributed by atoms with Crippen molar-refractivity contribution >= 4 is 28.1 Å². The van der Waals surface area contributed by atoms with Crippen LogP contribution >= 0.6 is 11.3 Å². The third-order valence-corrected chi connectivity index (χ3v) is 2.90. The predicted octanol–water partition coefficient (Wildman–Crippen LogP) is 3.14. The minimum Gasteiger partial charge on any atom is -0.436 e. The highest BCUT2D eigenvalue weighted by Gasteiger charge is 2.09. The molecule has 0 aliphatic rings. The van der Waals surface area contributed by atoms with Gasteiger partial charge < -0.3 is 10.2 Å². The lowest BCUT2D eigenvalue weighted by Gasteiger charge is -1.89. The molecule has 0 fully saturated rings. The van der Waals surface area contributed by atoms with E-state index >= 15 is 0 Å². The van der Waals surface area contributed by atoms with E-state index in [-0.39, 0.29) is 0 Å². The van der Waals surface area contributed by atoms with Crippen molar-refractivity contribution < 1.29 is 4.42 Å². The number of benzene rings is 1. The Kier molecular flexibility index (Phi) is 1.76. The molecule has 0 aliphatic heterocycles. The lowest BCUT2D eigenvalue weighted by atomic mass is 10.3. The Bertz CT molecular complexity index is 598. The molecular weight excluding hydrogens is 208 g/mol. The zero-order valence-corrected chi connectivity index (χ0v) is 8.62. The van der Waals surface area contributed by atoms with Gasteiger partial charge in [-0.2, -0.15) is 11.3 Å². The molecule has 3 aromatic rings. The third kappa shape index (κ3) is 1.30. The van der Waals surface area contributed by atoms with E-state index < -0.39 is 0 Å². The molecule has 0 atom stereocenters. The lowest BCUT2D eigenvalue weighted by Crippen LogP contribution is -1.84. The number of anilines is 1. The maximum absolute atomic E-state index is 5.80. The van der Waals surface area contributed by atoms with Crippen LogP contribution in [0.2, 0.25) is 0 Å². The molecule has 2 heterocycles. The zero-order chi connectivity index (χ0) is 10.3. The monoisotopic (exact) mass is 216 g/mol. The summed E-state index contributed by atoms with van der Waals surface area (Å²) in [6.07, 6.45) is 0. The molecular formula is C11H8N2OS. The Hall–Kier alpha value is -1.81. The van der Waals surface area contributed by atoms with Crippen LogP contribution in [-0.2, 0) is 0 Å². The molecule has 0 saturated heterocycles. The van der Waals surface area contributed by atoms with Gasteiger partial charge in [0.2, 0.25) is 5.89 Å². The second-order valence-corrected chi connectivity index (χ2v) is 4.01. The maximum Gasteiger partial charge on any atom is 0.228 e. The number of aromatic nitrogens is 1. The standard InChI is InChI=1S/C11H8N2OS/c12-8-2-1-3-9-10(8)13-11(14-9)7-4-5-15-6-7/h1-6H,12H2. The quantitative estimate of drug-likeness (QED) is 0.636. The van der Waals surface area contributed by atoms with E-state index in [1.165, 1.54) is 0 Å². The van der Waals surface area contributed by atoms with Gasteiger partial charge in [0, 0.05) is 10.9 Å². The van der Waals surface area contributed by atoms with Crippen LogP contribution in [0.4, 0.5) is 5.69 Å².